The Morgan fingerprint density at radius 1 is 1.00 bits per heavy atom. The molecule has 0 aliphatic rings. The van der Waals surface area contributed by atoms with Crippen LogP contribution in [0.4, 0.5) is 0 Å². The topological polar surface area (TPSA) is 26.0 Å². The average molecular weight is 326 g/mol. The Hall–Kier alpha value is -2.10. The molecule has 2 aromatic carbocycles. The Labute approximate surface area is 137 Å². The van der Waals surface area contributed by atoms with Gasteiger partial charge in [-0.15, -0.1) is 22.9 Å². The van der Waals surface area contributed by atoms with Gasteiger partial charge in [-0.1, -0.05) is 36.4 Å². The highest BCUT2D eigenvalue weighted by atomic mass is 35.5. The quantitative estimate of drug-likeness (QED) is 0.434. The van der Waals surface area contributed by atoms with Gasteiger partial charge in [0.05, 0.1) is 16.5 Å². The molecule has 108 valence electrons. The van der Waals surface area contributed by atoms with E-state index in [0.29, 0.717) is 11.8 Å². The lowest BCUT2D eigenvalue weighted by atomic mass is 10.0. The maximum absolute atomic E-state index is 5.78. The summed E-state index contributed by atoms with van der Waals surface area (Å²) in [5, 5.41) is 1.20. The minimum absolute atomic E-state index is 0.368. The first-order chi connectivity index (χ1) is 10.8. The largest absolute Gasteiger partial charge is 0.444 e. The zero-order valence-corrected chi connectivity index (χ0v) is 13.2. The SMILES string of the molecule is ClCc1coc(-c2cc3cc(-c4ccccc4)ccc3s2)n1. The molecule has 0 aliphatic heterocycles. The summed E-state index contributed by atoms with van der Waals surface area (Å²) in [6.07, 6.45) is 1.61. The molecule has 0 saturated carbocycles. The summed E-state index contributed by atoms with van der Waals surface area (Å²) in [4.78, 5) is 5.41. The molecule has 4 aromatic rings. The van der Waals surface area contributed by atoms with Crippen molar-refractivity contribution in [2.75, 3.05) is 0 Å². The third-order valence-corrected chi connectivity index (χ3v) is 4.90. The van der Waals surface area contributed by atoms with E-state index < -0.39 is 0 Å². The molecule has 0 unspecified atom stereocenters. The van der Waals surface area contributed by atoms with Gasteiger partial charge in [0.25, 0.3) is 0 Å². The molecule has 0 fully saturated rings. The standard InChI is InChI=1S/C18H12ClNOS/c19-10-15-11-21-18(20-15)17-9-14-8-13(6-7-16(14)22-17)12-4-2-1-3-5-12/h1-9,11H,10H2. The molecule has 4 rings (SSSR count). The summed E-state index contributed by atoms with van der Waals surface area (Å²) >= 11 is 7.45. The Morgan fingerprint density at radius 2 is 1.86 bits per heavy atom. The fourth-order valence-corrected chi connectivity index (χ4v) is 3.54. The first-order valence-corrected chi connectivity index (χ1v) is 8.28. The highest BCUT2D eigenvalue weighted by Crippen LogP contribution is 2.35. The van der Waals surface area contributed by atoms with E-state index in [-0.39, 0.29) is 0 Å². The molecule has 2 nitrogen and oxygen atoms in total. The van der Waals surface area contributed by atoms with E-state index in [0.717, 1.165) is 10.6 Å². The van der Waals surface area contributed by atoms with Crippen LogP contribution in [-0.4, -0.2) is 4.98 Å². The molecule has 0 radical (unpaired) electrons. The second-order valence-electron chi connectivity index (χ2n) is 5.01. The average Bonchev–Trinajstić information content (AvgIpc) is 3.21. The minimum atomic E-state index is 0.368. The molecule has 0 N–H and O–H groups in total. The zero-order chi connectivity index (χ0) is 14.9. The van der Waals surface area contributed by atoms with Crippen molar-refractivity contribution in [1.82, 2.24) is 4.98 Å². The second kappa shape index (κ2) is 5.59. The van der Waals surface area contributed by atoms with Gasteiger partial charge in [-0.25, -0.2) is 4.98 Å². The van der Waals surface area contributed by atoms with Gasteiger partial charge in [0, 0.05) is 4.70 Å². The molecule has 0 saturated heterocycles. The van der Waals surface area contributed by atoms with Crippen LogP contribution in [0.5, 0.6) is 0 Å². The third kappa shape index (κ3) is 2.43. The number of alkyl halides is 1. The molecular weight excluding hydrogens is 314 g/mol. The second-order valence-corrected chi connectivity index (χ2v) is 6.36. The number of benzene rings is 2. The Bertz CT molecular complexity index is 927. The summed E-state index contributed by atoms with van der Waals surface area (Å²) in [6.45, 7) is 0. The maximum Gasteiger partial charge on any atom is 0.236 e. The fraction of sp³-hybridized carbons (Fsp3) is 0.0556. The Kier molecular flexibility index (Phi) is 3.45. The van der Waals surface area contributed by atoms with Crippen molar-refractivity contribution in [1.29, 1.82) is 0 Å². The molecule has 0 aliphatic carbocycles. The lowest BCUT2D eigenvalue weighted by molar-refractivity contribution is 0.575. The van der Waals surface area contributed by atoms with E-state index in [1.54, 1.807) is 17.6 Å². The van der Waals surface area contributed by atoms with Crippen LogP contribution >= 0.6 is 22.9 Å². The van der Waals surface area contributed by atoms with Gasteiger partial charge in [-0.05, 0) is 34.7 Å². The molecular formula is C18H12ClNOS. The summed E-state index contributed by atoms with van der Waals surface area (Å²) in [7, 11) is 0. The van der Waals surface area contributed by atoms with E-state index >= 15 is 0 Å². The maximum atomic E-state index is 5.78. The summed E-state index contributed by atoms with van der Waals surface area (Å²) in [5.41, 5.74) is 3.20. The summed E-state index contributed by atoms with van der Waals surface area (Å²) in [5.74, 6) is 1.00. The van der Waals surface area contributed by atoms with E-state index in [1.165, 1.54) is 21.2 Å². The van der Waals surface area contributed by atoms with Gasteiger partial charge < -0.3 is 4.42 Å². The molecule has 0 amide bonds. The first-order valence-electron chi connectivity index (χ1n) is 6.93. The Balaban J connectivity index is 1.78. The number of hydrogen-bond acceptors (Lipinski definition) is 3. The predicted molar refractivity (Wildman–Crippen MR) is 92.3 cm³/mol. The number of nitrogens with zero attached hydrogens (tertiary/aromatic N) is 1. The third-order valence-electron chi connectivity index (χ3n) is 3.52. The van der Waals surface area contributed by atoms with Crippen molar-refractivity contribution < 1.29 is 4.42 Å². The van der Waals surface area contributed by atoms with Crippen LogP contribution in [-0.2, 0) is 5.88 Å². The number of oxazole rings is 1. The van der Waals surface area contributed by atoms with Crippen LogP contribution in [0.1, 0.15) is 5.69 Å². The van der Waals surface area contributed by atoms with Gasteiger partial charge in [0.2, 0.25) is 5.89 Å². The Morgan fingerprint density at radius 3 is 2.64 bits per heavy atom. The number of hydrogen-bond donors (Lipinski definition) is 0. The molecule has 0 atom stereocenters. The van der Waals surface area contributed by atoms with E-state index in [1.807, 2.05) is 6.07 Å². The van der Waals surface area contributed by atoms with Crippen molar-refractivity contribution in [3.05, 3.63) is 66.6 Å². The molecule has 22 heavy (non-hydrogen) atoms. The normalized spacial score (nSPS) is 11.1. The van der Waals surface area contributed by atoms with Crippen molar-refractivity contribution in [2.24, 2.45) is 0 Å². The number of rotatable bonds is 3. The number of halogens is 1. The van der Waals surface area contributed by atoms with Crippen LogP contribution in [0.15, 0.2) is 65.3 Å². The predicted octanol–water partition coefficient (Wildman–Crippen LogP) is 5.96. The number of fused-ring (bicyclic) bond motifs is 1. The molecule has 0 spiro atoms. The van der Waals surface area contributed by atoms with Crippen molar-refractivity contribution >= 4 is 33.0 Å². The van der Waals surface area contributed by atoms with Gasteiger partial charge in [0.15, 0.2) is 0 Å². The van der Waals surface area contributed by atoms with Gasteiger partial charge in [0.1, 0.15) is 6.26 Å². The van der Waals surface area contributed by atoms with Crippen LogP contribution in [0.25, 0.3) is 32.0 Å². The smallest absolute Gasteiger partial charge is 0.236 e. The van der Waals surface area contributed by atoms with E-state index in [2.05, 4.69) is 53.5 Å². The van der Waals surface area contributed by atoms with Crippen LogP contribution in [0.3, 0.4) is 0 Å². The molecule has 2 aromatic heterocycles. The molecule has 4 heteroatoms. The minimum Gasteiger partial charge on any atom is -0.444 e. The molecule has 0 bridgehead atoms. The summed E-state index contributed by atoms with van der Waals surface area (Å²) < 4.78 is 6.72. The van der Waals surface area contributed by atoms with Gasteiger partial charge in [-0.3, -0.25) is 0 Å². The lowest BCUT2D eigenvalue weighted by Crippen LogP contribution is -1.76. The van der Waals surface area contributed by atoms with Crippen molar-refractivity contribution in [3.63, 3.8) is 0 Å². The zero-order valence-electron chi connectivity index (χ0n) is 11.6. The lowest BCUT2D eigenvalue weighted by Gasteiger charge is -2.00. The van der Waals surface area contributed by atoms with Crippen LogP contribution in [0, 0.1) is 0 Å². The van der Waals surface area contributed by atoms with Crippen molar-refractivity contribution in [2.45, 2.75) is 5.88 Å². The number of thiophene rings is 1. The highest BCUT2D eigenvalue weighted by Gasteiger charge is 2.11. The monoisotopic (exact) mass is 325 g/mol. The van der Waals surface area contributed by atoms with E-state index in [4.69, 9.17) is 16.0 Å². The van der Waals surface area contributed by atoms with E-state index in [9.17, 15) is 0 Å². The van der Waals surface area contributed by atoms with Crippen LogP contribution in [0.2, 0.25) is 0 Å². The van der Waals surface area contributed by atoms with Gasteiger partial charge in [-0.2, -0.15) is 0 Å². The highest BCUT2D eigenvalue weighted by molar-refractivity contribution is 7.22. The number of aromatic nitrogens is 1. The van der Waals surface area contributed by atoms with Crippen LogP contribution < -0.4 is 0 Å². The summed E-state index contributed by atoms with van der Waals surface area (Å²) in [6, 6.07) is 19.0. The molecule has 2 heterocycles. The first kappa shape index (κ1) is 13.6. The fourth-order valence-electron chi connectivity index (χ4n) is 2.44. The van der Waals surface area contributed by atoms with Gasteiger partial charge >= 0.3 is 0 Å². The van der Waals surface area contributed by atoms with Crippen molar-refractivity contribution in [3.8, 4) is 21.9 Å².